The van der Waals surface area contributed by atoms with Crippen LogP contribution < -0.4 is 5.32 Å². The van der Waals surface area contributed by atoms with Crippen LogP contribution in [-0.2, 0) is 14.3 Å². The molecule has 0 aliphatic carbocycles. The van der Waals surface area contributed by atoms with Gasteiger partial charge in [-0.15, -0.1) is 0 Å². The summed E-state index contributed by atoms with van der Waals surface area (Å²) in [4.78, 5) is 23.4. The molecule has 8 heteroatoms. The third kappa shape index (κ3) is 4.05. The average molecular weight is 325 g/mol. The van der Waals surface area contributed by atoms with Gasteiger partial charge in [-0.25, -0.2) is 4.79 Å². The van der Waals surface area contributed by atoms with Gasteiger partial charge in [-0.1, -0.05) is 18.2 Å². The predicted molar refractivity (Wildman–Crippen MR) is 77.2 cm³/mol. The van der Waals surface area contributed by atoms with Crippen molar-refractivity contribution in [1.29, 1.82) is 0 Å². The molecule has 126 valence electrons. The van der Waals surface area contributed by atoms with Crippen LogP contribution in [0.1, 0.15) is 17.3 Å². The summed E-state index contributed by atoms with van der Waals surface area (Å²) in [6, 6.07) is 6.92. The third-order valence-electron chi connectivity index (χ3n) is 3.50. The molecule has 1 saturated heterocycles. The van der Waals surface area contributed by atoms with E-state index in [1.54, 1.807) is 18.2 Å². The Morgan fingerprint density at radius 1 is 1.26 bits per heavy atom. The fourth-order valence-electron chi connectivity index (χ4n) is 2.38. The first-order valence-electron chi connectivity index (χ1n) is 7.09. The summed E-state index contributed by atoms with van der Waals surface area (Å²) >= 11 is 0. The lowest BCUT2D eigenvalue weighted by Crippen LogP contribution is -2.65. The largest absolute Gasteiger partial charge is 0.453 e. The van der Waals surface area contributed by atoms with E-state index in [-0.39, 0.29) is 5.56 Å². The minimum Gasteiger partial charge on any atom is -0.453 e. The Balaban J connectivity index is 2.21. The van der Waals surface area contributed by atoms with E-state index >= 15 is 0 Å². The number of benzene rings is 1. The van der Waals surface area contributed by atoms with Crippen molar-refractivity contribution in [3.8, 4) is 0 Å². The van der Waals surface area contributed by atoms with E-state index < -0.39 is 49.1 Å². The SMILES string of the molecule is CC(=O)NC1[C@@H](OC(=O)c2ccccc2)[C@H](O)C(CO)O[C@@H]1O. The molecule has 8 nitrogen and oxygen atoms in total. The van der Waals surface area contributed by atoms with Crippen LogP contribution in [0.4, 0.5) is 0 Å². The van der Waals surface area contributed by atoms with Crippen molar-refractivity contribution in [1.82, 2.24) is 5.32 Å². The number of rotatable bonds is 4. The monoisotopic (exact) mass is 325 g/mol. The summed E-state index contributed by atoms with van der Waals surface area (Å²) in [6.07, 6.45) is -5.35. The van der Waals surface area contributed by atoms with Gasteiger partial charge in [0.15, 0.2) is 12.4 Å². The number of esters is 1. The van der Waals surface area contributed by atoms with Crippen LogP contribution in [-0.4, -0.2) is 64.4 Å². The zero-order valence-electron chi connectivity index (χ0n) is 12.5. The van der Waals surface area contributed by atoms with Crippen LogP contribution in [0.25, 0.3) is 0 Å². The number of carbonyl (C=O) groups is 2. The summed E-state index contributed by atoms with van der Waals surface area (Å²) < 4.78 is 10.3. The maximum atomic E-state index is 12.2. The first-order valence-corrected chi connectivity index (χ1v) is 7.09. The number of aliphatic hydroxyl groups excluding tert-OH is 3. The molecule has 1 aromatic rings. The highest BCUT2D eigenvalue weighted by Crippen LogP contribution is 2.23. The molecule has 1 aromatic carbocycles. The molecule has 5 atom stereocenters. The van der Waals surface area contributed by atoms with Crippen LogP contribution in [0, 0.1) is 0 Å². The second kappa shape index (κ2) is 7.51. The highest BCUT2D eigenvalue weighted by Gasteiger charge is 2.47. The van der Waals surface area contributed by atoms with Crippen molar-refractivity contribution in [2.75, 3.05) is 6.61 Å². The Kier molecular flexibility index (Phi) is 5.67. The molecule has 1 aliphatic rings. The molecule has 0 radical (unpaired) electrons. The lowest BCUT2D eigenvalue weighted by molar-refractivity contribution is -0.253. The van der Waals surface area contributed by atoms with Crippen molar-refractivity contribution >= 4 is 11.9 Å². The summed E-state index contributed by atoms with van der Waals surface area (Å²) in [5, 5.41) is 31.7. The lowest BCUT2D eigenvalue weighted by atomic mass is 9.96. The van der Waals surface area contributed by atoms with Gasteiger partial charge in [0.2, 0.25) is 5.91 Å². The van der Waals surface area contributed by atoms with Gasteiger partial charge >= 0.3 is 5.97 Å². The van der Waals surface area contributed by atoms with Crippen molar-refractivity contribution in [2.24, 2.45) is 0 Å². The molecule has 0 bridgehead atoms. The van der Waals surface area contributed by atoms with Crippen LogP contribution in [0.2, 0.25) is 0 Å². The van der Waals surface area contributed by atoms with E-state index in [1.165, 1.54) is 19.1 Å². The Morgan fingerprint density at radius 2 is 1.91 bits per heavy atom. The lowest BCUT2D eigenvalue weighted by Gasteiger charge is -2.41. The Labute approximate surface area is 132 Å². The number of hydrogen-bond acceptors (Lipinski definition) is 7. The molecule has 23 heavy (non-hydrogen) atoms. The van der Waals surface area contributed by atoms with Crippen molar-refractivity contribution in [2.45, 2.75) is 37.6 Å². The molecule has 0 spiro atoms. The molecule has 2 unspecified atom stereocenters. The van der Waals surface area contributed by atoms with E-state index in [0.717, 1.165) is 0 Å². The van der Waals surface area contributed by atoms with Gasteiger partial charge in [0.25, 0.3) is 0 Å². The molecule has 2 rings (SSSR count). The van der Waals surface area contributed by atoms with Crippen LogP contribution in [0.15, 0.2) is 30.3 Å². The molecule has 1 heterocycles. The van der Waals surface area contributed by atoms with Gasteiger partial charge in [0.1, 0.15) is 18.2 Å². The quantitative estimate of drug-likeness (QED) is 0.512. The summed E-state index contributed by atoms with van der Waals surface area (Å²) in [7, 11) is 0. The topological polar surface area (TPSA) is 125 Å². The van der Waals surface area contributed by atoms with E-state index in [1.807, 2.05) is 0 Å². The highest BCUT2D eigenvalue weighted by atomic mass is 16.6. The smallest absolute Gasteiger partial charge is 0.338 e. The van der Waals surface area contributed by atoms with Gasteiger partial charge < -0.3 is 30.1 Å². The van der Waals surface area contributed by atoms with Crippen molar-refractivity contribution in [3.05, 3.63) is 35.9 Å². The average Bonchev–Trinajstić information content (AvgIpc) is 2.54. The fraction of sp³-hybridized carbons (Fsp3) is 0.467. The molecule has 1 fully saturated rings. The zero-order chi connectivity index (χ0) is 17.0. The van der Waals surface area contributed by atoms with E-state index in [9.17, 15) is 24.9 Å². The first kappa shape index (κ1) is 17.4. The fourth-order valence-corrected chi connectivity index (χ4v) is 2.38. The molecule has 1 aliphatic heterocycles. The number of nitrogens with one attached hydrogen (secondary N) is 1. The molecule has 1 amide bonds. The molecular formula is C15H19NO7. The maximum absolute atomic E-state index is 12.2. The standard InChI is InChI=1S/C15H19NO7/c1-8(18)16-11-13(12(19)10(7-17)22-15(11)21)23-14(20)9-5-3-2-4-6-9/h2-6,10-13,15,17,19,21H,7H2,1H3,(H,16,18)/t10?,11?,12-,13-,15+/m1/s1. The van der Waals surface area contributed by atoms with E-state index in [0.29, 0.717) is 0 Å². The highest BCUT2D eigenvalue weighted by molar-refractivity contribution is 5.89. The van der Waals surface area contributed by atoms with Gasteiger partial charge in [0, 0.05) is 6.92 Å². The molecule has 0 aromatic heterocycles. The number of amides is 1. The minimum atomic E-state index is -1.53. The van der Waals surface area contributed by atoms with E-state index in [4.69, 9.17) is 9.47 Å². The van der Waals surface area contributed by atoms with Crippen LogP contribution in [0.3, 0.4) is 0 Å². The number of ether oxygens (including phenoxy) is 2. The second-order valence-electron chi connectivity index (χ2n) is 5.20. The van der Waals surface area contributed by atoms with E-state index in [2.05, 4.69) is 5.32 Å². The normalized spacial score (nSPS) is 30.5. The molecule has 0 saturated carbocycles. The number of hydrogen-bond donors (Lipinski definition) is 4. The van der Waals surface area contributed by atoms with Gasteiger partial charge in [0.05, 0.1) is 12.2 Å². The van der Waals surface area contributed by atoms with Gasteiger partial charge in [-0.3, -0.25) is 4.79 Å². The van der Waals surface area contributed by atoms with Crippen LogP contribution in [0.5, 0.6) is 0 Å². The zero-order valence-corrected chi connectivity index (χ0v) is 12.5. The van der Waals surface area contributed by atoms with Crippen LogP contribution >= 0.6 is 0 Å². The first-order chi connectivity index (χ1) is 10.9. The second-order valence-corrected chi connectivity index (χ2v) is 5.20. The van der Waals surface area contributed by atoms with Gasteiger partial charge in [-0.05, 0) is 12.1 Å². The number of aliphatic hydroxyl groups is 3. The Hall–Kier alpha value is -2.00. The third-order valence-corrected chi connectivity index (χ3v) is 3.50. The van der Waals surface area contributed by atoms with Gasteiger partial charge in [-0.2, -0.15) is 0 Å². The molecular weight excluding hydrogens is 306 g/mol. The Bertz CT molecular complexity index is 550. The maximum Gasteiger partial charge on any atom is 0.338 e. The van der Waals surface area contributed by atoms with Crippen molar-refractivity contribution in [3.63, 3.8) is 0 Å². The minimum absolute atomic E-state index is 0.253. The number of carbonyl (C=O) groups excluding carboxylic acids is 2. The predicted octanol–water partition coefficient (Wildman–Crippen LogP) is -1.21. The summed E-state index contributed by atoms with van der Waals surface area (Å²) in [5.74, 6) is -1.22. The Morgan fingerprint density at radius 3 is 2.48 bits per heavy atom. The van der Waals surface area contributed by atoms with Crippen molar-refractivity contribution < 1.29 is 34.4 Å². The summed E-state index contributed by atoms with van der Waals surface area (Å²) in [5.41, 5.74) is 0.253. The molecule has 4 N–H and O–H groups in total. The summed E-state index contributed by atoms with van der Waals surface area (Å²) in [6.45, 7) is 0.637.